The van der Waals surface area contributed by atoms with E-state index in [1.807, 2.05) is 34.6 Å². The van der Waals surface area contributed by atoms with Crippen molar-refractivity contribution in [2.45, 2.75) is 71.7 Å². The van der Waals surface area contributed by atoms with Crippen LogP contribution in [0.3, 0.4) is 0 Å². The molecule has 0 N–H and O–H groups in total. The summed E-state index contributed by atoms with van der Waals surface area (Å²) in [6.07, 6.45) is -2.64. The zero-order valence-electron chi connectivity index (χ0n) is 21.1. The number of carbonyl (C=O) groups is 1. The normalized spacial score (nSPS) is 22.3. The van der Waals surface area contributed by atoms with Crippen LogP contribution in [-0.2, 0) is 17.3 Å². The van der Waals surface area contributed by atoms with Crippen LogP contribution in [0.4, 0.5) is 22.4 Å². The smallest absolute Gasteiger partial charge is 0.419 e. The fourth-order valence-corrected chi connectivity index (χ4v) is 5.11. The highest BCUT2D eigenvalue weighted by Crippen LogP contribution is 2.44. The lowest BCUT2D eigenvalue weighted by atomic mass is 9.82. The van der Waals surface area contributed by atoms with E-state index in [0.717, 1.165) is 25.0 Å². The average Bonchev–Trinajstić information content (AvgIpc) is 3.23. The van der Waals surface area contributed by atoms with Crippen LogP contribution in [0.5, 0.6) is 11.8 Å². The third-order valence-corrected chi connectivity index (χ3v) is 6.70. The third-order valence-electron chi connectivity index (χ3n) is 6.70. The Morgan fingerprint density at radius 2 is 1.78 bits per heavy atom. The molecule has 0 radical (unpaired) electrons. The van der Waals surface area contributed by atoms with Crippen LogP contribution in [0, 0.1) is 23.6 Å². The van der Waals surface area contributed by atoms with Crippen LogP contribution >= 0.6 is 0 Å². The molecule has 7 nitrogen and oxygen atoms in total. The molecule has 2 fully saturated rings. The number of amides is 1. The van der Waals surface area contributed by atoms with Gasteiger partial charge in [0, 0.05) is 19.5 Å². The Hall–Kier alpha value is -2.85. The summed E-state index contributed by atoms with van der Waals surface area (Å²) in [5.41, 5.74) is -1.96. The second-order valence-electron chi connectivity index (χ2n) is 10.9. The van der Waals surface area contributed by atoms with E-state index in [1.165, 1.54) is 4.68 Å². The first-order chi connectivity index (χ1) is 16.7. The van der Waals surface area contributed by atoms with Crippen LogP contribution in [-0.4, -0.2) is 44.4 Å². The maximum Gasteiger partial charge on any atom is 0.419 e. The number of rotatable bonds is 5. The van der Waals surface area contributed by atoms with Crippen molar-refractivity contribution >= 4 is 6.09 Å². The number of aromatic nitrogens is 3. The molecule has 2 heterocycles. The van der Waals surface area contributed by atoms with E-state index in [9.17, 15) is 22.4 Å². The highest BCUT2D eigenvalue weighted by Gasteiger charge is 2.44. The first-order valence-corrected chi connectivity index (χ1v) is 12.2. The number of piperidine rings is 1. The summed E-state index contributed by atoms with van der Waals surface area (Å²) in [6, 6.07) is 2.63. The molecule has 4 rings (SSSR count). The molecule has 3 atom stereocenters. The van der Waals surface area contributed by atoms with E-state index in [0.29, 0.717) is 31.4 Å². The van der Waals surface area contributed by atoms with Gasteiger partial charge >= 0.3 is 18.3 Å². The molecule has 1 aromatic carbocycles. The van der Waals surface area contributed by atoms with Crippen molar-refractivity contribution in [1.29, 1.82) is 0 Å². The highest BCUT2D eigenvalue weighted by atomic mass is 19.4. The van der Waals surface area contributed by atoms with Crippen LogP contribution in [0.2, 0.25) is 0 Å². The van der Waals surface area contributed by atoms with Crippen molar-refractivity contribution in [3.63, 3.8) is 0 Å². The quantitative estimate of drug-likeness (QED) is 0.444. The highest BCUT2D eigenvalue weighted by molar-refractivity contribution is 5.68. The predicted molar refractivity (Wildman–Crippen MR) is 123 cm³/mol. The van der Waals surface area contributed by atoms with Crippen LogP contribution in [0.25, 0.3) is 0 Å². The largest absolute Gasteiger partial charge is 0.444 e. The van der Waals surface area contributed by atoms with Crippen LogP contribution in [0.1, 0.15) is 64.9 Å². The van der Waals surface area contributed by atoms with Gasteiger partial charge in [-0.2, -0.15) is 23.3 Å². The van der Waals surface area contributed by atoms with Gasteiger partial charge in [0.15, 0.2) is 17.4 Å². The average molecular weight is 513 g/mol. The van der Waals surface area contributed by atoms with Gasteiger partial charge in [0.2, 0.25) is 0 Å². The molecule has 2 bridgehead atoms. The third kappa shape index (κ3) is 5.59. The number of carbonyl (C=O) groups excluding carboxylic acids is 1. The number of nitrogens with zero attached hydrogens (tertiary/aromatic N) is 4. The molecule has 1 saturated carbocycles. The maximum atomic E-state index is 14.5. The van der Waals surface area contributed by atoms with Crippen molar-refractivity contribution < 1.29 is 31.8 Å². The minimum absolute atomic E-state index is 0.0586. The molecule has 1 aliphatic carbocycles. The molecule has 0 spiro atoms. The zero-order valence-corrected chi connectivity index (χ0v) is 21.1. The van der Waals surface area contributed by atoms with E-state index >= 15 is 0 Å². The Balaban J connectivity index is 1.50. The maximum absolute atomic E-state index is 14.5. The Morgan fingerprint density at radius 1 is 1.14 bits per heavy atom. The van der Waals surface area contributed by atoms with Gasteiger partial charge < -0.3 is 14.4 Å². The lowest BCUT2D eigenvalue weighted by molar-refractivity contribution is -0.140. The monoisotopic (exact) mass is 512 g/mol. The number of hydrogen-bond donors (Lipinski definition) is 0. The molecule has 198 valence electrons. The van der Waals surface area contributed by atoms with Crippen molar-refractivity contribution in [3.8, 4) is 11.8 Å². The van der Waals surface area contributed by atoms with Gasteiger partial charge in [-0.1, -0.05) is 6.07 Å². The molecular weight excluding hydrogens is 480 g/mol. The van der Waals surface area contributed by atoms with Gasteiger partial charge in [0.1, 0.15) is 5.60 Å². The number of halogens is 4. The van der Waals surface area contributed by atoms with Crippen molar-refractivity contribution in [1.82, 2.24) is 19.7 Å². The summed E-state index contributed by atoms with van der Waals surface area (Å²) < 4.78 is 66.4. The van der Waals surface area contributed by atoms with Gasteiger partial charge in [-0.25, -0.2) is 13.9 Å². The Kier molecular flexibility index (Phi) is 6.96. The summed E-state index contributed by atoms with van der Waals surface area (Å²) in [7, 11) is 0. The lowest BCUT2D eigenvalue weighted by Crippen LogP contribution is -2.47. The first-order valence-electron chi connectivity index (χ1n) is 12.2. The molecule has 36 heavy (non-hydrogen) atoms. The van der Waals surface area contributed by atoms with Gasteiger partial charge in [-0.05, 0) is 77.3 Å². The minimum atomic E-state index is -4.84. The Morgan fingerprint density at radius 3 is 2.33 bits per heavy atom. The topological polar surface area (TPSA) is 69.5 Å². The fraction of sp³-hybridized carbons (Fsp3) is 0.640. The van der Waals surface area contributed by atoms with E-state index in [2.05, 4.69) is 10.1 Å². The molecule has 1 amide bonds. The standard InChI is InChI=1S/C25H32F4N4O3/c1-14(2)33-22(35-19-8-6-7-18(21(19)26)25(27,28)29)30-20(31-33)11-17-15-9-10-16(17)13-32(12-15)23(34)36-24(3,4)5/h6-8,14-17H,9-13H2,1-5H3/t15-,16+,17?. The molecule has 1 aromatic heterocycles. The molecule has 2 aliphatic rings. The lowest BCUT2D eigenvalue weighted by Gasteiger charge is -2.38. The number of hydrogen-bond acceptors (Lipinski definition) is 5. The number of ether oxygens (including phenoxy) is 2. The van der Waals surface area contributed by atoms with E-state index in [4.69, 9.17) is 9.47 Å². The summed E-state index contributed by atoms with van der Waals surface area (Å²) in [6.45, 7) is 10.4. The van der Waals surface area contributed by atoms with E-state index in [-0.39, 0.29) is 35.9 Å². The van der Waals surface area contributed by atoms with Crippen molar-refractivity contribution in [2.75, 3.05) is 13.1 Å². The molecule has 1 unspecified atom stereocenters. The van der Waals surface area contributed by atoms with E-state index in [1.54, 1.807) is 4.90 Å². The predicted octanol–water partition coefficient (Wildman–Crippen LogP) is 6.24. The number of benzene rings is 1. The van der Waals surface area contributed by atoms with Crippen molar-refractivity contribution in [3.05, 3.63) is 35.4 Å². The second kappa shape index (κ2) is 9.55. The molecule has 2 aromatic rings. The van der Waals surface area contributed by atoms with E-state index < -0.39 is 28.9 Å². The Bertz CT molecular complexity index is 1100. The number of fused-ring (bicyclic) bond motifs is 2. The fourth-order valence-electron chi connectivity index (χ4n) is 5.11. The summed E-state index contributed by atoms with van der Waals surface area (Å²) in [5, 5.41) is 4.53. The van der Waals surface area contributed by atoms with Crippen LogP contribution in [0.15, 0.2) is 18.2 Å². The second-order valence-corrected chi connectivity index (χ2v) is 10.9. The first kappa shape index (κ1) is 26.2. The summed E-state index contributed by atoms with van der Waals surface area (Å²) >= 11 is 0. The van der Waals surface area contributed by atoms with Gasteiger partial charge in [0.25, 0.3) is 0 Å². The molecular formula is C25H32F4N4O3. The molecule has 1 aliphatic heterocycles. The summed E-state index contributed by atoms with van der Waals surface area (Å²) in [5.74, 6) is -0.766. The van der Waals surface area contributed by atoms with Crippen molar-refractivity contribution in [2.24, 2.45) is 17.8 Å². The van der Waals surface area contributed by atoms with Crippen LogP contribution < -0.4 is 4.74 Å². The molecule has 1 saturated heterocycles. The number of likely N-dealkylation sites (tertiary alicyclic amines) is 1. The van der Waals surface area contributed by atoms with Gasteiger partial charge in [-0.3, -0.25) is 0 Å². The zero-order chi connectivity index (χ0) is 26.4. The summed E-state index contributed by atoms with van der Waals surface area (Å²) in [4.78, 5) is 18.8. The number of alkyl halides is 3. The minimum Gasteiger partial charge on any atom is -0.444 e. The molecule has 11 heteroatoms. The SMILES string of the molecule is CC(C)n1nc(CC2[C@@H]3CC[C@H]2CN(C(=O)OC(C)(C)C)C3)nc1Oc1cccc(C(F)(F)F)c1F. The van der Waals surface area contributed by atoms with Gasteiger partial charge in [-0.15, -0.1) is 0 Å². The Labute approximate surface area is 207 Å². The van der Waals surface area contributed by atoms with Gasteiger partial charge in [0.05, 0.1) is 11.6 Å².